The van der Waals surface area contributed by atoms with Crippen LogP contribution in [0.1, 0.15) is 22.3 Å². The molecule has 0 N–H and O–H groups in total. The van der Waals surface area contributed by atoms with Crippen LogP contribution in [-0.4, -0.2) is 0 Å². The van der Waals surface area contributed by atoms with E-state index in [0.29, 0.717) is 0 Å². The van der Waals surface area contributed by atoms with E-state index >= 15 is 0 Å². The number of rotatable bonds is 9. The van der Waals surface area contributed by atoms with Crippen LogP contribution in [0.2, 0.25) is 0 Å². The largest absolute Gasteiger partial charge is 0.0719 e. The van der Waals surface area contributed by atoms with Gasteiger partial charge in [0.25, 0.3) is 0 Å². The zero-order valence-electron chi connectivity index (χ0n) is 43.5. The van der Waals surface area contributed by atoms with Crippen LogP contribution in [-0.2, 0) is 5.41 Å². The van der Waals surface area contributed by atoms with E-state index in [1.54, 1.807) is 0 Å². The molecule has 0 fully saturated rings. The number of hydrogen-bond donors (Lipinski definition) is 0. The fraction of sp³-hybridized carbons (Fsp3) is 0.0127. The van der Waals surface area contributed by atoms with E-state index < -0.39 is 5.41 Å². The summed E-state index contributed by atoms with van der Waals surface area (Å²) < 4.78 is 0. The zero-order chi connectivity index (χ0) is 52.3. The second kappa shape index (κ2) is 19.2. The summed E-state index contributed by atoms with van der Waals surface area (Å²) in [6.45, 7) is 0. The van der Waals surface area contributed by atoms with Crippen LogP contribution in [0.15, 0.2) is 315 Å². The van der Waals surface area contributed by atoms with Crippen molar-refractivity contribution in [3.63, 3.8) is 0 Å². The molecule has 1 unspecified atom stereocenters. The Morgan fingerprint density at radius 2 is 0.557 bits per heavy atom. The molecule has 0 saturated heterocycles. The lowest BCUT2D eigenvalue weighted by Crippen LogP contribution is -2.29. The molecule has 1 atom stereocenters. The molecule has 0 nitrogen and oxygen atoms in total. The monoisotopic (exact) mass is 1000 g/mol. The van der Waals surface area contributed by atoms with E-state index in [1.165, 1.54) is 144 Å². The first-order valence-corrected chi connectivity index (χ1v) is 27.5. The molecule has 14 aromatic carbocycles. The maximum atomic E-state index is 2.55. The molecular weight excluding hydrogens is 949 g/mol. The predicted octanol–water partition coefficient (Wildman–Crippen LogP) is 21.2. The summed E-state index contributed by atoms with van der Waals surface area (Å²) in [4.78, 5) is 0. The van der Waals surface area contributed by atoms with Crippen LogP contribution < -0.4 is 0 Å². The Kier molecular flexibility index (Phi) is 11.2. The van der Waals surface area contributed by atoms with Crippen molar-refractivity contribution in [2.75, 3.05) is 0 Å². The summed E-state index contributed by atoms with van der Waals surface area (Å²) in [5.74, 6) is 0. The highest BCUT2D eigenvalue weighted by atomic mass is 14.5. The Balaban J connectivity index is 0.967. The van der Waals surface area contributed by atoms with Crippen LogP contribution in [0.4, 0.5) is 0 Å². The van der Waals surface area contributed by atoms with Crippen molar-refractivity contribution >= 4 is 32.3 Å². The van der Waals surface area contributed by atoms with Gasteiger partial charge in [-0.1, -0.05) is 285 Å². The molecule has 0 aromatic heterocycles. The van der Waals surface area contributed by atoms with Crippen LogP contribution in [0.3, 0.4) is 0 Å². The fourth-order valence-electron chi connectivity index (χ4n) is 13.3. The first kappa shape index (κ1) is 46.2. The lowest BCUT2D eigenvalue weighted by Gasteiger charge is -2.36. The molecule has 0 aliphatic heterocycles. The standard InChI is InChI=1S/C79H52/c1-5-24-53(25-6-1)57-32-23-33-62(51-57)79(74-42-21-19-34-64(74)56-30-11-4-12-31-56)75-43-22-20-37-67(75)68-45-44-58(52-76(68)79)77-69-38-15-17-40-71(69)78(72-41-18-16-39-70(72)77)73-47-46-63(65-35-13-14-36-66(65)73)61-49-59(54-26-7-2-8-27-54)48-60(50-61)55-28-9-3-10-29-55/h1-52H. The summed E-state index contributed by atoms with van der Waals surface area (Å²) in [5.41, 5.74) is 23.9. The Bertz CT molecular complexity index is 4510. The van der Waals surface area contributed by atoms with Gasteiger partial charge < -0.3 is 0 Å². The molecule has 14 aromatic rings. The van der Waals surface area contributed by atoms with Crippen LogP contribution in [0.25, 0.3) is 121 Å². The van der Waals surface area contributed by atoms with Gasteiger partial charge in [0.1, 0.15) is 0 Å². The summed E-state index contributed by atoms with van der Waals surface area (Å²) in [6.07, 6.45) is 0. The molecule has 0 heteroatoms. The molecule has 368 valence electrons. The maximum absolute atomic E-state index is 2.55. The SMILES string of the molecule is c1ccc(-c2cc(-c3ccccc3)cc(-c3ccc(-c4c5ccccc5c(-c5ccc6c(c5)C(c5cccc(-c7ccccc7)c5)(c5ccccc5-c5ccccc5)c5ccccc5-6)c5ccccc45)c4ccccc34)c2)cc1. The molecule has 1 aliphatic carbocycles. The average molecular weight is 1000 g/mol. The smallest absolute Gasteiger partial charge is 0.0622 e. The number of benzene rings is 14. The highest BCUT2D eigenvalue weighted by Gasteiger charge is 2.47. The molecule has 0 spiro atoms. The molecule has 79 heavy (non-hydrogen) atoms. The lowest BCUT2D eigenvalue weighted by molar-refractivity contribution is 0.771. The fourth-order valence-corrected chi connectivity index (χ4v) is 13.3. The normalized spacial score (nSPS) is 13.6. The van der Waals surface area contributed by atoms with Gasteiger partial charge in [-0.05, 0) is 174 Å². The van der Waals surface area contributed by atoms with Gasteiger partial charge >= 0.3 is 0 Å². The van der Waals surface area contributed by atoms with E-state index in [9.17, 15) is 0 Å². The van der Waals surface area contributed by atoms with Crippen molar-refractivity contribution in [2.45, 2.75) is 5.41 Å². The highest BCUT2D eigenvalue weighted by molar-refractivity contribution is 6.24. The number of hydrogen-bond acceptors (Lipinski definition) is 0. The third-order valence-corrected chi connectivity index (χ3v) is 16.7. The average Bonchev–Trinajstić information content (AvgIpc) is 4.11. The van der Waals surface area contributed by atoms with Gasteiger partial charge in [-0.2, -0.15) is 0 Å². The van der Waals surface area contributed by atoms with E-state index in [0.717, 1.165) is 0 Å². The molecule has 0 amide bonds. The quantitative estimate of drug-likeness (QED) is 0.126. The van der Waals surface area contributed by atoms with Crippen molar-refractivity contribution in [1.82, 2.24) is 0 Å². The van der Waals surface area contributed by atoms with Gasteiger partial charge in [-0.15, -0.1) is 0 Å². The third kappa shape index (κ3) is 7.60. The minimum absolute atomic E-state index is 0.673. The van der Waals surface area contributed by atoms with Gasteiger partial charge in [0.05, 0.1) is 5.41 Å². The molecule has 1 aliphatic rings. The Morgan fingerprint density at radius 3 is 1.14 bits per heavy atom. The first-order valence-electron chi connectivity index (χ1n) is 27.5. The Hall–Kier alpha value is -10.1. The van der Waals surface area contributed by atoms with Crippen molar-refractivity contribution in [2.24, 2.45) is 0 Å². The van der Waals surface area contributed by atoms with Crippen molar-refractivity contribution < 1.29 is 0 Å². The van der Waals surface area contributed by atoms with Crippen molar-refractivity contribution in [3.05, 3.63) is 338 Å². The van der Waals surface area contributed by atoms with E-state index in [4.69, 9.17) is 0 Å². The third-order valence-electron chi connectivity index (χ3n) is 16.7. The summed E-state index contributed by atoms with van der Waals surface area (Å²) in [7, 11) is 0. The van der Waals surface area contributed by atoms with Crippen LogP contribution in [0.5, 0.6) is 0 Å². The second-order valence-electron chi connectivity index (χ2n) is 21.0. The van der Waals surface area contributed by atoms with Crippen LogP contribution in [0, 0.1) is 0 Å². The Morgan fingerprint density at radius 1 is 0.165 bits per heavy atom. The Labute approximate surface area is 461 Å². The molecule has 0 bridgehead atoms. The van der Waals surface area contributed by atoms with Gasteiger partial charge in [-0.3, -0.25) is 0 Å². The van der Waals surface area contributed by atoms with E-state index in [-0.39, 0.29) is 0 Å². The molecule has 0 saturated carbocycles. The minimum atomic E-state index is -0.673. The summed E-state index contributed by atoms with van der Waals surface area (Å²) in [5, 5.41) is 7.36. The van der Waals surface area contributed by atoms with Gasteiger partial charge in [0.15, 0.2) is 0 Å². The maximum Gasteiger partial charge on any atom is 0.0719 e. The number of fused-ring (bicyclic) bond motifs is 6. The second-order valence-corrected chi connectivity index (χ2v) is 21.0. The molecule has 15 rings (SSSR count). The lowest BCUT2D eigenvalue weighted by atomic mass is 9.65. The molecule has 0 heterocycles. The van der Waals surface area contributed by atoms with E-state index in [2.05, 4.69) is 315 Å². The topological polar surface area (TPSA) is 0 Å². The van der Waals surface area contributed by atoms with Crippen molar-refractivity contribution in [1.29, 1.82) is 0 Å². The van der Waals surface area contributed by atoms with Crippen molar-refractivity contribution in [3.8, 4) is 89.0 Å². The summed E-state index contributed by atoms with van der Waals surface area (Å²) >= 11 is 0. The predicted molar refractivity (Wildman–Crippen MR) is 334 cm³/mol. The molecular formula is C79H52. The van der Waals surface area contributed by atoms with Crippen LogP contribution >= 0.6 is 0 Å². The zero-order valence-corrected chi connectivity index (χ0v) is 43.5. The highest BCUT2D eigenvalue weighted by Crippen LogP contribution is 2.59. The summed E-state index contributed by atoms with van der Waals surface area (Å²) in [6, 6.07) is 117. The van der Waals surface area contributed by atoms with Gasteiger partial charge in [0, 0.05) is 0 Å². The minimum Gasteiger partial charge on any atom is -0.0622 e. The molecule has 0 radical (unpaired) electrons. The van der Waals surface area contributed by atoms with Gasteiger partial charge in [0.2, 0.25) is 0 Å². The van der Waals surface area contributed by atoms with Gasteiger partial charge in [-0.25, -0.2) is 0 Å². The first-order chi connectivity index (χ1) is 39.2. The van der Waals surface area contributed by atoms with E-state index in [1.807, 2.05) is 0 Å².